The smallest absolute Gasteiger partial charge is 0.340 e. The van der Waals surface area contributed by atoms with Crippen LogP contribution in [-0.4, -0.2) is 31.7 Å². The van der Waals surface area contributed by atoms with Crippen LogP contribution in [0, 0.1) is 0 Å². The molecule has 6 nitrogen and oxygen atoms in total. The molecule has 0 amide bonds. The summed E-state index contributed by atoms with van der Waals surface area (Å²) < 4.78 is 10.8. The molecule has 0 spiro atoms. The van der Waals surface area contributed by atoms with E-state index in [0.29, 0.717) is 52.2 Å². The fourth-order valence-electron chi connectivity index (χ4n) is 3.36. The molecule has 8 heteroatoms. The third kappa shape index (κ3) is 7.03. The molecule has 0 aliphatic rings. The molecule has 34 heavy (non-hydrogen) atoms. The lowest BCUT2D eigenvalue weighted by Gasteiger charge is -2.20. The monoisotopic (exact) mass is 508 g/mol. The molecule has 0 radical (unpaired) electrons. The second kappa shape index (κ2) is 14.1. The number of hydrogen-bond donors (Lipinski definition) is 2. The number of nitrogens with one attached hydrogen (secondary N) is 1. The molecule has 2 aromatic rings. The highest BCUT2D eigenvalue weighted by molar-refractivity contribution is 6.38. The van der Waals surface area contributed by atoms with Crippen molar-refractivity contribution in [1.29, 1.82) is 0 Å². The van der Waals surface area contributed by atoms with Gasteiger partial charge < -0.3 is 20.5 Å². The van der Waals surface area contributed by atoms with E-state index in [9.17, 15) is 9.59 Å². The van der Waals surface area contributed by atoms with E-state index >= 15 is 0 Å². The molecule has 0 heterocycles. The van der Waals surface area contributed by atoms with Crippen LogP contribution in [0.1, 0.15) is 80.0 Å². The number of nitrogens with two attached hydrogens (primary N) is 1. The average Bonchev–Trinajstić information content (AvgIpc) is 2.81. The number of hydrogen-bond acceptors (Lipinski definition) is 6. The van der Waals surface area contributed by atoms with Crippen molar-refractivity contribution in [1.82, 2.24) is 0 Å². The summed E-state index contributed by atoms with van der Waals surface area (Å²) in [6, 6.07) is 6.36. The number of nitrogen functional groups attached to an aromatic ring is 1. The summed E-state index contributed by atoms with van der Waals surface area (Å²) in [6.45, 7) is 7.34. The van der Waals surface area contributed by atoms with E-state index in [1.807, 2.05) is 13.8 Å². The van der Waals surface area contributed by atoms with Gasteiger partial charge in [-0.1, -0.05) is 63.2 Å². The van der Waals surface area contributed by atoms with Crippen molar-refractivity contribution >= 4 is 46.5 Å². The van der Waals surface area contributed by atoms with Gasteiger partial charge in [0.05, 0.1) is 45.8 Å². The molecule has 3 N–H and O–H groups in total. The number of ether oxygens (including phenoxy) is 2. The maximum atomic E-state index is 12.9. The largest absolute Gasteiger partial charge is 0.462 e. The predicted molar refractivity (Wildman–Crippen MR) is 140 cm³/mol. The zero-order valence-corrected chi connectivity index (χ0v) is 21.7. The molecule has 0 aromatic heterocycles. The van der Waals surface area contributed by atoms with E-state index in [1.165, 1.54) is 6.07 Å². The number of carbonyl (C=O) groups is 2. The molecule has 0 aliphatic heterocycles. The highest BCUT2D eigenvalue weighted by atomic mass is 35.5. The fourth-order valence-corrected chi connectivity index (χ4v) is 3.88. The highest BCUT2D eigenvalue weighted by Crippen LogP contribution is 2.45. The maximum Gasteiger partial charge on any atom is 0.340 e. The minimum Gasteiger partial charge on any atom is -0.462 e. The number of anilines is 2. The zero-order valence-electron chi connectivity index (χ0n) is 20.1. The Balaban J connectivity index is 2.62. The summed E-state index contributed by atoms with van der Waals surface area (Å²) in [5.41, 5.74) is 8.43. The molecule has 186 valence electrons. The van der Waals surface area contributed by atoms with E-state index in [-0.39, 0.29) is 11.3 Å². The minimum atomic E-state index is -0.532. The summed E-state index contributed by atoms with van der Waals surface area (Å²) in [5, 5.41) is 3.97. The summed E-state index contributed by atoms with van der Waals surface area (Å²) in [4.78, 5) is 25.6. The van der Waals surface area contributed by atoms with Crippen molar-refractivity contribution in [3.63, 3.8) is 0 Å². The van der Waals surface area contributed by atoms with Crippen LogP contribution in [0.3, 0.4) is 0 Å². The Labute approximate surface area is 212 Å². The van der Waals surface area contributed by atoms with Crippen molar-refractivity contribution in [2.24, 2.45) is 0 Å². The first-order valence-electron chi connectivity index (χ1n) is 11.9. The Morgan fingerprint density at radius 1 is 0.794 bits per heavy atom. The lowest BCUT2D eigenvalue weighted by molar-refractivity contribution is 0.0491. The van der Waals surface area contributed by atoms with Gasteiger partial charge in [-0.25, -0.2) is 9.59 Å². The van der Waals surface area contributed by atoms with Gasteiger partial charge in [0, 0.05) is 17.7 Å². The molecule has 2 aromatic carbocycles. The third-order valence-electron chi connectivity index (χ3n) is 5.33. The van der Waals surface area contributed by atoms with Crippen LogP contribution in [0.25, 0.3) is 11.1 Å². The van der Waals surface area contributed by atoms with Crippen molar-refractivity contribution in [2.45, 2.75) is 59.3 Å². The zero-order chi connectivity index (χ0) is 25.1. The Bertz CT molecular complexity index is 995. The summed E-state index contributed by atoms with van der Waals surface area (Å²) >= 11 is 13.2. The van der Waals surface area contributed by atoms with Crippen LogP contribution in [0.2, 0.25) is 10.0 Å². The Hall–Kier alpha value is -2.44. The molecule has 0 unspecified atom stereocenters. The number of halogens is 2. The minimum absolute atomic E-state index is 0.144. The quantitative estimate of drug-likeness (QED) is 0.166. The highest BCUT2D eigenvalue weighted by Gasteiger charge is 2.25. The van der Waals surface area contributed by atoms with Gasteiger partial charge in [0.1, 0.15) is 0 Å². The molecular formula is C26H34Cl2N2O4. The Morgan fingerprint density at radius 3 is 1.85 bits per heavy atom. The number of carbonyl (C=O) groups excluding carboxylic acids is 2. The van der Waals surface area contributed by atoms with Gasteiger partial charge in [0.2, 0.25) is 0 Å². The molecule has 0 saturated carbocycles. The summed E-state index contributed by atoms with van der Waals surface area (Å²) in [6.07, 6.45) is 5.17. The second-order valence-electron chi connectivity index (χ2n) is 7.99. The first-order valence-corrected chi connectivity index (χ1v) is 12.6. The van der Waals surface area contributed by atoms with Gasteiger partial charge >= 0.3 is 11.9 Å². The van der Waals surface area contributed by atoms with Crippen molar-refractivity contribution in [3.8, 4) is 11.1 Å². The SMILES string of the molecule is CCCCNc1c(C(=O)OCCCC)ccc(Cl)c1-c1c(Cl)ccc(C(=O)OCCCC)c1N. The van der Waals surface area contributed by atoms with E-state index in [2.05, 4.69) is 12.2 Å². The van der Waals surface area contributed by atoms with Gasteiger partial charge in [-0.3, -0.25) is 0 Å². The van der Waals surface area contributed by atoms with Crippen LogP contribution in [0.5, 0.6) is 0 Å². The number of rotatable bonds is 13. The van der Waals surface area contributed by atoms with Gasteiger partial charge in [0.25, 0.3) is 0 Å². The molecule has 0 fully saturated rings. The molecule has 0 aliphatic carbocycles. The Kier molecular flexibility index (Phi) is 11.5. The summed E-state index contributed by atoms with van der Waals surface area (Å²) in [7, 11) is 0. The molecule has 2 rings (SSSR count). The standard InChI is InChI=1S/C26H34Cl2N2O4/c1-4-7-14-30-24-18(26(32)34-16-9-6-3)11-13-20(28)22(24)21-19(27)12-10-17(23(21)29)25(31)33-15-8-5-2/h10-13,30H,4-9,14-16,29H2,1-3H3. The van der Waals surface area contributed by atoms with Gasteiger partial charge in [-0.15, -0.1) is 0 Å². The maximum absolute atomic E-state index is 12.9. The number of unbranched alkanes of at least 4 members (excludes halogenated alkanes) is 3. The first kappa shape index (κ1) is 27.8. The molecular weight excluding hydrogens is 475 g/mol. The van der Waals surface area contributed by atoms with Crippen molar-refractivity contribution < 1.29 is 19.1 Å². The molecule has 0 bridgehead atoms. The van der Waals surface area contributed by atoms with E-state index in [0.717, 1.165) is 38.5 Å². The first-order chi connectivity index (χ1) is 16.4. The fraction of sp³-hybridized carbons (Fsp3) is 0.462. The van der Waals surface area contributed by atoms with Gasteiger partial charge in [-0.05, 0) is 43.5 Å². The van der Waals surface area contributed by atoms with E-state index in [4.69, 9.17) is 38.4 Å². The molecule has 0 saturated heterocycles. The van der Waals surface area contributed by atoms with E-state index in [1.54, 1.807) is 18.2 Å². The van der Waals surface area contributed by atoms with Crippen LogP contribution in [-0.2, 0) is 9.47 Å². The lowest BCUT2D eigenvalue weighted by atomic mass is 9.95. The van der Waals surface area contributed by atoms with Crippen LogP contribution < -0.4 is 11.1 Å². The third-order valence-corrected chi connectivity index (χ3v) is 5.96. The molecule has 0 atom stereocenters. The van der Waals surface area contributed by atoms with Crippen molar-refractivity contribution in [3.05, 3.63) is 45.4 Å². The number of esters is 2. The number of benzene rings is 2. The topological polar surface area (TPSA) is 90.6 Å². The van der Waals surface area contributed by atoms with E-state index < -0.39 is 11.9 Å². The van der Waals surface area contributed by atoms with Crippen LogP contribution in [0.15, 0.2) is 24.3 Å². The van der Waals surface area contributed by atoms with Crippen molar-refractivity contribution in [2.75, 3.05) is 30.8 Å². The second-order valence-corrected chi connectivity index (χ2v) is 8.80. The normalized spacial score (nSPS) is 10.7. The average molecular weight is 509 g/mol. The lowest BCUT2D eigenvalue weighted by Crippen LogP contribution is -2.14. The predicted octanol–water partition coefficient (Wildman–Crippen LogP) is 7.37. The van der Waals surface area contributed by atoms with Crippen LogP contribution in [0.4, 0.5) is 11.4 Å². The van der Waals surface area contributed by atoms with Gasteiger partial charge in [-0.2, -0.15) is 0 Å². The summed E-state index contributed by atoms with van der Waals surface area (Å²) in [5.74, 6) is -0.995. The van der Waals surface area contributed by atoms with Crippen LogP contribution >= 0.6 is 23.2 Å². The Morgan fingerprint density at radius 2 is 1.29 bits per heavy atom. The van der Waals surface area contributed by atoms with Gasteiger partial charge in [0.15, 0.2) is 0 Å².